The molecule has 0 radical (unpaired) electrons. The van der Waals surface area contributed by atoms with Gasteiger partial charge in [0, 0.05) is 0 Å². The van der Waals surface area contributed by atoms with E-state index in [-0.39, 0.29) is 0 Å². The van der Waals surface area contributed by atoms with Gasteiger partial charge in [0.15, 0.2) is 0 Å². The molecule has 1 aromatic rings. The minimum atomic E-state index is 0.774. The summed E-state index contributed by atoms with van der Waals surface area (Å²) in [6.07, 6.45) is 2.27. The van der Waals surface area contributed by atoms with Gasteiger partial charge in [0.2, 0.25) is 0 Å². The first-order valence-electron chi connectivity index (χ1n) is 6.47. The van der Waals surface area contributed by atoms with Crippen molar-refractivity contribution in [3.8, 4) is 5.75 Å². The molecule has 0 fully saturated rings. The summed E-state index contributed by atoms with van der Waals surface area (Å²) in [5.74, 6) is 1.78. The van der Waals surface area contributed by atoms with E-state index in [0.717, 1.165) is 31.2 Å². The van der Waals surface area contributed by atoms with E-state index in [9.17, 15) is 0 Å². The SMILES string of the molecule is COc1ccc(C)cc1CCNCCC(C)C. The van der Waals surface area contributed by atoms with Crippen LogP contribution in [0, 0.1) is 12.8 Å². The van der Waals surface area contributed by atoms with E-state index in [4.69, 9.17) is 4.74 Å². The number of benzene rings is 1. The summed E-state index contributed by atoms with van der Waals surface area (Å²) in [5.41, 5.74) is 2.59. The van der Waals surface area contributed by atoms with Crippen LogP contribution < -0.4 is 10.1 Å². The maximum absolute atomic E-state index is 5.37. The highest BCUT2D eigenvalue weighted by atomic mass is 16.5. The third-order valence-electron chi connectivity index (χ3n) is 2.91. The number of hydrogen-bond donors (Lipinski definition) is 1. The van der Waals surface area contributed by atoms with Gasteiger partial charge in [-0.05, 0) is 50.4 Å². The Morgan fingerprint density at radius 2 is 2.00 bits per heavy atom. The first-order chi connectivity index (χ1) is 8.13. The van der Waals surface area contributed by atoms with Crippen LogP contribution in [0.2, 0.25) is 0 Å². The molecular formula is C15H25NO. The lowest BCUT2D eigenvalue weighted by atomic mass is 10.1. The molecule has 1 rings (SSSR count). The van der Waals surface area contributed by atoms with Crippen LogP contribution in [-0.4, -0.2) is 20.2 Å². The van der Waals surface area contributed by atoms with Crippen molar-refractivity contribution in [3.63, 3.8) is 0 Å². The Labute approximate surface area is 105 Å². The van der Waals surface area contributed by atoms with Gasteiger partial charge in [-0.2, -0.15) is 0 Å². The van der Waals surface area contributed by atoms with Crippen molar-refractivity contribution in [3.05, 3.63) is 29.3 Å². The minimum absolute atomic E-state index is 0.774. The second-order valence-electron chi connectivity index (χ2n) is 5.00. The summed E-state index contributed by atoms with van der Waals surface area (Å²) in [7, 11) is 1.74. The van der Waals surface area contributed by atoms with Crippen molar-refractivity contribution in [1.82, 2.24) is 5.32 Å². The first kappa shape index (κ1) is 14.0. The van der Waals surface area contributed by atoms with E-state index in [0.29, 0.717) is 0 Å². The molecule has 0 atom stereocenters. The van der Waals surface area contributed by atoms with Crippen molar-refractivity contribution in [2.75, 3.05) is 20.2 Å². The van der Waals surface area contributed by atoms with E-state index in [1.54, 1.807) is 7.11 Å². The van der Waals surface area contributed by atoms with E-state index >= 15 is 0 Å². The van der Waals surface area contributed by atoms with Gasteiger partial charge >= 0.3 is 0 Å². The zero-order valence-electron chi connectivity index (χ0n) is 11.5. The van der Waals surface area contributed by atoms with Crippen molar-refractivity contribution in [2.24, 2.45) is 5.92 Å². The molecule has 0 heterocycles. The number of aryl methyl sites for hydroxylation is 1. The summed E-state index contributed by atoms with van der Waals surface area (Å²) < 4.78 is 5.37. The quantitative estimate of drug-likeness (QED) is 0.733. The largest absolute Gasteiger partial charge is 0.496 e. The lowest BCUT2D eigenvalue weighted by Gasteiger charge is -2.10. The van der Waals surface area contributed by atoms with Gasteiger partial charge in [-0.25, -0.2) is 0 Å². The Kier molecular flexibility index (Phi) is 6.06. The maximum atomic E-state index is 5.37. The third-order valence-corrected chi connectivity index (χ3v) is 2.91. The van der Waals surface area contributed by atoms with Crippen LogP contribution in [0.25, 0.3) is 0 Å². The summed E-state index contributed by atoms with van der Waals surface area (Å²) in [4.78, 5) is 0. The second-order valence-corrected chi connectivity index (χ2v) is 5.00. The molecule has 0 aliphatic heterocycles. The van der Waals surface area contributed by atoms with Crippen molar-refractivity contribution in [2.45, 2.75) is 33.6 Å². The Balaban J connectivity index is 2.37. The first-order valence-corrected chi connectivity index (χ1v) is 6.47. The van der Waals surface area contributed by atoms with E-state index in [1.165, 1.54) is 17.5 Å². The Bertz CT molecular complexity index is 334. The molecule has 2 nitrogen and oxygen atoms in total. The zero-order valence-corrected chi connectivity index (χ0v) is 11.5. The van der Waals surface area contributed by atoms with Crippen LogP contribution in [-0.2, 0) is 6.42 Å². The summed E-state index contributed by atoms with van der Waals surface area (Å²) in [6.45, 7) is 8.75. The summed E-state index contributed by atoms with van der Waals surface area (Å²) in [6, 6.07) is 6.36. The maximum Gasteiger partial charge on any atom is 0.122 e. The van der Waals surface area contributed by atoms with Gasteiger partial charge in [0.25, 0.3) is 0 Å². The summed E-state index contributed by atoms with van der Waals surface area (Å²) >= 11 is 0. The van der Waals surface area contributed by atoms with Crippen LogP contribution in [0.3, 0.4) is 0 Å². The number of methoxy groups -OCH3 is 1. The fourth-order valence-corrected chi connectivity index (χ4v) is 1.84. The highest BCUT2D eigenvalue weighted by Gasteiger charge is 2.02. The average Bonchev–Trinajstić information content (AvgIpc) is 2.28. The standard InChI is InChI=1S/C15H25NO/c1-12(2)7-9-16-10-8-14-11-13(3)5-6-15(14)17-4/h5-6,11-12,16H,7-10H2,1-4H3. The highest BCUT2D eigenvalue weighted by Crippen LogP contribution is 2.19. The highest BCUT2D eigenvalue weighted by molar-refractivity contribution is 5.37. The van der Waals surface area contributed by atoms with E-state index < -0.39 is 0 Å². The lowest BCUT2D eigenvalue weighted by molar-refractivity contribution is 0.408. The Morgan fingerprint density at radius 1 is 1.24 bits per heavy atom. The predicted octanol–water partition coefficient (Wildman–Crippen LogP) is 3.18. The minimum Gasteiger partial charge on any atom is -0.496 e. The van der Waals surface area contributed by atoms with Crippen molar-refractivity contribution >= 4 is 0 Å². The molecule has 1 N–H and O–H groups in total. The third kappa shape index (κ3) is 5.22. The number of rotatable bonds is 7. The van der Waals surface area contributed by atoms with Gasteiger partial charge in [0.05, 0.1) is 7.11 Å². The normalized spacial score (nSPS) is 10.9. The van der Waals surface area contributed by atoms with Crippen molar-refractivity contribution < 1.29 is 4.74 Å². The van der Waals surface area contributed by atoms with Crippen LogP contribution in [0.15, 0.2) is 18.2 Å². The monoisotopic (exact) mass is 235 g/mol. The molecule has 2 heteroatoms. The Hall–Kier alpha value is -1.02. The molecule has 0 unspecified atom stereocenters. The predicted molar refractivity (Wildman–Crippen MR) is 73.8 cm³/mol. The van der Waals surface area contributed by atoms with Crippen LogP contribution >= 0.6 is 0 Å². The van der Waals surface area contributed by atoms with Gasteiger partial charge in [0.1, 0.15) is 5.75 Å². The molecular weight excluding hydrogens is 210 g/mol. The summed E-state index contributed by atoms with van der Waals surface area (Å²) in [5, 5.41) is 3.48. The molecule has 0 aliphatic rings. The number of nitrogens with one attached hydrogen (secondary N) is 1. The smallest absolute Gasteiger partial charge is 0.122 e. The fourth-order valence-electron chi connectivity index (χ4n) is 1.84. The average molecular weight is 235 g/mol. The molecule has 0 aromatic heterocycles. The van der Waals surface area contributed by atoms with E-state index in [1.807, 2.05) is 0 Å². The molecule has 96 valence electrons. The van der Waals surface area contributed by atoms with Crippen LogP contribution in [0.5, 0.6) is 5.75 Å². The van der Waals surface area contributed by atoms with Crippen LogP contribution in [0.4, 0.5) is 0 Å². The van der Waals surface area contributed by atoms with Gasteiger partial charge in [-0.15, -0.1) is 0 Å². The number of hydrogen-bond acceptors (Lipinski definition) is 2. The fraction of sp³-hybridized carbons (Fsp3) is 0.600. The second kappa shape index (κ2) is 7.33. The number of ether oxygens (including phenoxy) is 1. The molecule has 0 aliphatic carbocycles. The molecule has 17 heavy (non-hydrogen) atoms. The Morgan fingerprint density at radius 3 is 2.65 bits per heavy atom. The molecule has 0 saturated carbocycles. The molecule has 0 amide bonds. The van der Waals surface area contributed by atoms with Crippen LogP contribution in [0.1, 0.15) is 31.4 Å². The van der Waals surface area contributed by atoms with Gasteiger partial charge in [-0.1, -0.05) is 31.5 Å². The van der Waals surface area contributed by atoms with Gasteiger partial charge in [-0.3, -0.25) is 0 Å². The molecule has 1 aromatic carbocycles. The van der Waals surface area contributed by atoms with Crippen molar-refractivity contribution in [1.29, 1.82) is 0 Å². The lowest BCUT2D eigenvalue weighted by Crippen LogP contribution is -2.20. The van der Waals surface area contributed by atoms with Gasteiger partial charge < -0.3 is 10.1 Å². The van der Waals surface area contributed by atoms with E-state index in [2.05, 4.69) is 44.3 Å². The molecule has 0 bridgehead atoms. The molecule has 0 spiro atoms. The zero-order chi connectivity index (χ0) is 12.7. The topological polar surface area (TPSA) is 21.3 Å². The molecule has 0 saturated heterocycles.